The maximum Gasteiger partial charge on any atom is 0.271 e. The summed E-state index contributed by atoms with van der Waals surface area (Å²) in [6.45, 7) is 0. The van der Waals surface area contributed by atoms with Gasteiger partial charge in [0, 0.05) is 10.0 Å². The standard InChI is InChI=1S/C14H10Br2N2O2/c15-11-4-2-10(3-5-11)14(20)18-17-8-9-1-6-13(19)12(16)7-9/h1-8,19H,(H,18,20)/b17-8-. The normalized spacial score (nSPS) is 10.7. The quantitative estimate of drug-likeness (QED) is 0.612. The highest BCUT2D eigenvalue weighted by Gasteiger charge is 2.03. The molecule has 0 unspecified atom stereocenters. The SMILES string of the molecule is O=C(N/N=C\c1ccc(O)c(Br)c1)c1ccc(Br)cc1. The molecule has 2 N–H and O–H groups in total. The van der Waals surface area contributed by atoms with Gasteiger partial charge in [0.1, 0.15) is 5.75 Å². The molecule has 0 saturated heterocycles. The molecule has 2 aromatic rings. The Morgan fingerprint density at radius 1 is 1.15 bits per heavy atom. The molecule has 0 spiro atoms. The third kappa shape index (κ3) is 3.91. The minimum Gasteiger partial charge on any atom is -0.507 e. The van der Waals surface area contributed by atoms with Gasteiger partial charge < -0.3 is 5.11 Å². The fourth-order valence-corrected chi connectivity index (χ4v) is 2.10. The second-order valence-corrected chi connectivity index (χ2v) is 5.69. The molecule has 0 aliphatic rings. The molecule has 0 saturated carbocycles. The first-order valence-corrected chi connectivity index (χ1v) is 7.22. The van der Waals surface area contributed by atoms with Crippen molar-refractivity contribution in [1.82, 2.24) is 5.43 Å². The van der Waals surface area contributed by atoms with Crippen molar-refractivity contribution in [3.05, 3.63) is 62.5 Å². The van der Waals surface area contributed by atoms with Crippen LogP contribution >= 0.6 is 31.9 Å². The molecule has 0 radical (unpaired) electrons. The van der Waals surface area contributed by atoms with Gasteiger partial charge in [0.2, 0.25) is 0 Å². The van der Waals surface area contributed by atoms with Gasteiger partial charge in [-0.3, -0.25) is 4.79 Å². The summed E-state index contributed by atoms with van der Waals surface area (Å²) in [6, 6.07) is 11.9. The lowest BCUT2D eigenvalue weighted by Gasteiger charge is -2.00. The van der Waals surface area contributed by atoms with Gasteiger partial charge in [-0.25, -0.2) is 5.43 Å². The number of aromatic hydroxyl groups is 1. The number of benzene rings is 2. The number of rotatable bonds is 3. The van der Waals surface area contributed by atoms with Crippen LogP contribution in [-0.4, -0.2) is 17.2 Å². The molecular weight excluding hydrogens is 388 g/mol. The summed E-state index contributed by atoms with van der Waals surface area (Å²) in [5.74, 6) is -0.132. The third-order valence-electron chi connectivity index (χ3n) is 2.46. The molecule has 6 heteroatoms. The molecule has 102 valence electrons. The van der Waals surface area contributed by atoms with Crippen molar-refractivity contribution in [3.8, 4) is 5.75 Å². The first kappa shape index (κ1) is 14.7. The molecule has 4 nitrogen and oxygen atoms in total. The Morgan fingerprint density at radius 3 is 2.50 bits per heavy atom. The van der Waals surface area contributed by atoms with E-state index in [-0.39, 0.29) is 11.7 Å². The number of nitrogens with one attached hydrogen (secondary N) is 1. The van der Waals surface area contributed by atoms with Crippen LogP contribution in [0, 0.1) is 0 Å². The van der Waals surface area contributed by atoms with Gasteiger partial charge in [-0.05, 0) is 64.0 Å². The topological polar surface area (TPSA) is 61.7 Å². The maximum absolute atomic E-state index is 11.8. The zero-order chi connectivity index (χ0) is 14.5. The Balaban J connectivity index is 2.00. The number of phenols is 1. The van der Waals surface area contributed by atoms with Gasteiger partial charge in [-0.1, -0.05) is 15.9 Å². The molecule has 1 amide bonds. The number of carbonyl (C=O) groups excluding carboxylic acids is 1. The number of hydrogen-bond acceptors (Lipinski definition) is 3. The molecule has 2 aromatic carbocycles. The number of phenolic OH excluding ortho intramolecular Hbond substituents is 1. The molecule has 2 rings (SSSR count). The highest BCUT2D eigenvalue weighted by molar-refractivity contribution is 9.10. The van der Waals surface area contributed by atoms with Crippen molar-refractivity contribution in [2.45, 2.75) is 0 Å². The first-order chi connectivity index (χ1) is 9.56. The van der Waals surface area contributed by atoms with E-state index in [0.717, 1.165) is 10.0 Å². The molecule has 20 heavy (non-hydrogen) atoms. The van der Waals surface area contributed by atoms with Crippen molar-refractivity contribution < 1.29 is 9.90 Å². The Hall–Kier alpha value is -1.66. The van der Waals surface area contributed by atoms with Crippen LogP contribution in [0.25, 0.3) is 0 Å². The van der Waals surface area contributed by atoms with Crippen LogP contribution in [0.2, 0.25) is 0 Å². The lowest BCUT2D eigenvalue weighted by atomic mass is 10.2. The van der Waals surface area contributed by atoms with Crippen LogP contribution in [0.3, 0.4) is 0 Å². The largest absolute Gasteiger partial charge is 0.507 e. The first-order valence-electron chi connectivity index (χ1n) is 5.64. The molecule has 0 heterocycles. The molecule has 0 fully saturated rings. The van der Waals surface area contributed by atoms with Crippen molar-refractivity contribution in [1.29, 1.82) is 0 Å². The van der Waals surface area contributed by atoms with E-state index in [9.17, 15) is 9.90 Å². The molecule has 0 aliphatic heterocycles. The summed E-state index contributed by atoms with van der Waals surface area (Å²) in [7, 11) is 0. The van der Waals surface area contributed by atoms with Gasteiger partial charge in [0.15, 0.2) is 0 Å². The van der Waals surface area contributed by atoms with Crippen LogP contribution < -0.4 is 5.43 Å². The van der Waals surface area contributed by atoms with Crippen molar-refractivity contribution in [3.63, 3.8) is 0 Å². The summed E-state index contributed by atoms with van der Waals surface area (Å²) in [6.07, 6.45) is 1.50. The highest BCUT2D eigenvalue weighted by Crippen LogP contribution is 2.23. The zero-order valence-corrected chi connectivity index (χ0v) is 13.3. The van der Waals surface area contributed by atoms with E-state index < -0.39 is 0 Å². The van der Waals surface area contributed by atoms with Gasteiger partial charge >= 0.3 is 0 Å². The molecule has 0 aromatic heterocycles. The average Bonchev–Trinajstić information content (AvgIpc) is 2.43. The average molecular weight is 398 g/mol. The van der Waals surface area contributed by atoms with E-state index in [1.165, 1.54) is 6.21 Å². The van der Waals surface area contributed by atoms with E-state index >= 15 is 0 Å². The Labute approximate surface area is 132 Å². The summed E-state index contributed by atoms with van der Waals surface area (Å²) >= 11 is 6.51. The summed E-state index contributed by atoms with van der Waals surface area (Å²) < 4.78 is 1.48. The Bertz CT molecular complexity index is 655. The fraction of sp³-hybridized carbons (Fsp3) is 0. The van der Waals surface area contributed by atoms with E-state index in [1.807, 2.05) is 0 Å². The van der Waals surface area contributed by atoms with Gasteiger partial charge in [-0.2, -0.15) is 5.10 Å². The van der Waals surface area contributed by atoms with Crippen LogP contribution in [0.4, 0.5) is 0 Å². The predicted molar refractivity (Wildman–Crippen MR) is 85.0 cm³/mol. The number of hydrogen-bond donors (Lipinski definition) is 2. The fourth-order valence-electron chi connectivity index (χ4n) is 1.43. The molecular formula is C14H10Br2N2O2. The van der Waals surface area contributed by atoms with Crippen molar-refractivity contribution >= 4 is 44.0 Å². The maximum atomic E-state index is 11.8. The van der Waals surface area contributed by atoms with E-state index in [0.29, 0.717) is 10.0 Å². The summed E-state index contributed by atoms with van der Waals surface area (Å²) in [5.41, 5.74) is 3.72. The number of hydrazone groups is 1. The Morgan fingerprint density at radius 2 is 1.85 bits per heavy atom. The third-order valence-corrected chi connectivity index (χ3v) is 3.62. The lowest BCUT2D eigenvalue weighted by Crippen LogP contribution is -2.17. The second kappa shape index (κ2) is 6.67. The van der Waals surface area contributed by atoms with Crippen LogP contribution in [0.1, 0.15) is 15.9 Å². The number of nitrogens with zero attached hydrogens (tertiary/aromatic N) is 1. The van der Waals surface area contributed by atoms with Crippen LogP contribution in [0.15, 0.2) is 56.5 Å². The van der Waals surface area contributed by atoms with Crippen LogP contribution in [-0.2, 0) is 0 Å². The smallest absolute Gasteiger partial charge is 0.271 e. The molecule has 0 bridgehead atoms. The number of halogens is 2. The van der Waals surface area contributed by atoms with Gasteiger partial charge in [0.25, 0.3) is 5.91 Å². The summed E-state index contributed by atoms with van der Waals surface area (Å²) in [5, 5.41) is 13.2. The molecule has 0 aliphatic carbocycles. The minimum absolute atomic E-state index is 0.154. The van der Waals surface area contributed by atoms with Gasteiger partial charge in [0.05, 0.1) is 10.7 Å². The Kier molecular flexibility index (Phi) is 4.92. The van der Waals surface area contributed by atoms with E-state index in [1.54, 1.807) is 42.5 Å². The van der Waals surface area contributed by atoms with Crippen molar-refractivity contribution in [2.75, 3.05) is 0 Å². The van der Waals surface area contributed by atoms with Crippen LogP contribution in [0.5, 0.6) is 5.75 Å². The monoisotopic (exact) mass is 396 g/mol. The van der Waals surface area contributed by atoms with E-state index in [2.05, 4.69) is 42.4 Å². The zero-order valence-electron chi connectivity index (χ0n) is 10.2. The predicted octanol–water partition coefficient (Wildman–Crippen LogP) is 3.68. The number of amides is 1. The minimum atomic E-state index is -0.286. The van der Waals surface area contributed by atoms with Crippen molar-refractivity contribution in [2.24, 2.45) is 5.10 Å². The van der Waals surface area contributed by atoms with E-state index in [4.69, 9.17) is 0 Å². The highest BCUT2D eigenvalue weighted by atomic mass is 79.9. The number of carbonyl (C=O) groups is 1. The van der Waals surface area contributed by atoms with Gasteiger partial charge in [-0.15, -0.1) is 0 Å². The molecule has 0 atom stereocenters. The lowest BCUT2D eigenvalue weighted by molar-refractivity contribution is 0.0955. The second-order valence-electron chi connectivity index (χ2n) is 3.92. The summed E-state index contributed by atoms with van der Waals surface area (Å²) in [4.78, 5) is 11.8.